The Balaban J connectivity index is 2.49. The highest BCUT2D eigenvalue weighted by Gasteiger charge is 2.20. The van der Waals surface area contributed by atoms with Gasteiger partial charge in [0.25, 0.3) is 0 Å². The minimum absolute atomic E-state index is 0.475. The third kappa shape index (κ3) is 1.40. The van der Waals surface area contributed by atoms with E-state index in [0.29, 0.717) is 6.04 Å². The SMILES string of the molecule is CCC(CC)=C1CC(N)C1. The normalized spacial score (nSPS) is 24.3. The van der Waals surface area contributed by atoms with Crippen LogP contribution in [0.1, 0.15) is 39.5 Å². The van der Waals surface area contributed by atoms with E-state index in [-0.39, 0.29) is 0 Å². The molecule has 0 aromatic rings. The Morgan fingerprint density at radius 2 is 1.90 bits per heavy atom. The van der Waals surface area contributed by atoms with Crippen LogP contribution in [0, 0.1) is 0 Å². The lowest BCUT2D eigenvalue weighted by atomic mass is 9.82. The van der Waals surface area contributed by atoms with Gasteiger partial charge in [-0.3, -0.25) is 0 Å². The van der Waals surface area contributed by atoms with Crippen LogP contribution in [0.5, 0.6) is 0 Å². The van der Waals surface area contributed by atoms with Crippen molar-refractivity contribution in [2.45, 2.75) is 45.6 Å². The van der Waals surface area contributed by atoms with Crippen LogP contribution in [0.15, 0.2) is 11.1 Å². The zero-order valence-corrected chi connectivity index (χ0v) is 6.98. The van der Waals surface area contributed by atoms with Gasteiger partial charge in [-0.15, -0.1) is 0 Å². The molecule has 0 aromatic carbocycles. The Bertz CT molecular complexity index is 133. The number of allylic oxidation sites excluding steroid dienone is 1. The summed E-state index contributed by atoms with van der Waals surface area (Å²) < 4.78 is 0. The maximum absolute atomic E-state index is 5.68. The molecule has 1 heteroatoms. The van der Waals surface area contributed by atoms with E-state index in [0.717, 1.165) is 12.8 Å². The van der Waals surface area contributed by atoms with Crippen LogP contribution in [0.3, 0.4) is 0 Å². The summed E-state index contributed by atoms with van der Waals surface area (Å²) in [6.45, 7) is 4.46. The van der Waals surface area contributed by atoms with Gasteiger partial charge in [-0.2, -0.15) is 0 Å². The fourth-order valence-electron chi connectivity index (χ4n) is 1.61. The molecule has 1 aliphatic carbocycles. The molecule has 0 atom stereocenters. The monoisotopic (exact) mass is 139 g/mol. The summed E-state index contributed by atoms with van der Waals surface area (Å²) in [6.07, 6.45) is 4.77. The third-order valence-corrected chi connectivity index (χ3v) is 2.37. The van der Waals surface area contributed by atoms with Crippen molar-refractivity contribution in [3.8, 4) is 0 Å². The summed E-state index contributed by atoms with van der Waals surface area (Å²) in [5.74, 6) is 0. The van der Waals surface area contributed by atoms with Crippen molar-refractivity contribution in [3.05, 3.63) is 11.1 Å². The number of nitrogens with two attached hydrogens (primary N) is 1. The van der Waals surface area contributed by atoms with Gasteiger partial charge in [0.2, 0.25) is 0 Å². The fourth-order valence-corrected chi connectivity index (χ4v) is 1.61. The van der Waals surface area contributed by atoms with Gasteiger partial charge in [-0.25, -0.2) is 0 Å². The first-order valence-electron chi connectivity index (χ1n) is 4.23. The topological polar surface area (TPSA) is 26.0 Å². The highest BCUT2D eigenvalue weighted by molar-refractivity contribution is 5.22. The maximum Gasteiger partial charge on any atom is 0.0114 e. The molecule has 0 unspecified atom stereocenters. The third-order valence-electron chi connectivity index (χ3n) is 2.37. The van der Waals surface area contributed by atoms with E-state index in [2.05, 4.69) is 13.8 Å². The molecule has 0 spiro atoms. The average molecular weight is 139 g/mol. The van der Waals surface area contributed by atoms with Gasteiger partial charge >= 0.3 is 0 Å². The lowest BCUT2D eigenvalue weighted by molar-refractivity contribution is 0.529. The first kappa shape index (κ1) is 7.80. The van der Waals surface area contributed by atoms with Crippen molar-refractivity contribution >= 4 is 0 Å². The minimum Gasteiger partial charge on any atom is -0.327 e. The van der Waals surface area contributed by atoms with Crippen molar-refractivity contribution in [3.63, 3.8) is 0 Å². The van der Waals surface area contributed by atoms with E-state index in [1.165, 1.54) is 12.8 Å². The van der Waals surface area contributed by atoms with Gasteiger partial charge in [-0.05, 0) is 25.7 Å². The second-order valence-electron chi connectivity index (χ2n) is 3.08. The largest absolute Gasteiger partial charge is 0.327 e. The predicted molar refractivity (Wildman–Crippen MR) is 44.8 cm³/mol. The Kier molecular flexibility index (Phi) is 2.50. The minimum atomic E-state index is 0.475. The van der Waals surface area contributed by atoms with E-state index in [1.54, 1.807) is 11.1 Å². The molecule has 2 N–H and O–H groups in total. The van der Waals surface area contributed by atoms with E-state index >= 15 is 0 Å². The van der Waals surface area contributed by atoms with E-state index < -0.39 is 0 Å². The smallest absolute Gasteiger partial charge is 0.0114 e. The number of hydrogen-bond acceptors (Lipinski definition) is 1. The summed E-state index contributed by atoms with van der Waals surface area (Å²) in [4.78, 5) is 0. The van der Waals surface area contributed by atoms with E-state index in [4.69, 9.17) is 5.73 Å². The van der Waals surface area contributed by atoms with Crippen molar-refractivity contribution in [1.82, 2.24) is 0 Å². The van der Waals surface area contributed by atoms with Crippen LogP contribution in [0.2, 0.25) is 0 Å². The summed E-state index contributed by atoms with van der Waals surface area (Å²) >= 11 is 0. The van der Waals surface area contributed by atoms with Crippen LogP contribution < -0.4 is 5.73 Å². The molecule has 58 valence electrons. The molecule has 0 saturated heterocycles. The standard InChI is InChI=1S/C9H17N/c1-3-7(4-2)8-5-9(10)6-8/h9H,3-6,10H2,1-2H3. The first-order chi connectivity index (χ1) is 4.77. The van der Waals surface area contributed by atoms with Crippen molar-refractivity contribution < 1.29 is 0 Å². The molecule has 1 nitrogen and oxygen atoms in total. The Morgan fingerprint density at radius 1 is 1.40 bits per heavy atom. The van der Waals surface area contributed by atoms with Gasteiger partial charge in [0.15, 0.2) is 0 Å². The molecule has 1 saturated carbocycles. The van der Waals surface area contributed by atoms with Crippen molar-refractivity contribution in [2.24, 2.45) is 5.73 Å². The lowest BCUT2D eigenvalue weighted by Crippen LogP contribution is -2.31. The van der Waals surface area contributed by atoms with Crippen LogP contribution in [-0.2, 0) is 0 Å². The van der Waals surface area contributed by atoms with Crippen molar-refractivity contribution in [1.29, 1.82) is 0 Å². The van der Waals surface area contributed by atoms with Crippen LogP contribution in [-0.4, -0.2) is 6.04 Å². The lowest BCUT2D eigenvalue weighted by Gasteiger charge is -2.28. The molecule has 0 bridgehead atoms. The molecule has 1 fully saturated rings. The molecule has 10 heavy (non-hydrogen) atoms. The first-order valence-corrected chi connectivity index (χ1v) is 4.23. The second-order valence-corrected chi connectivity index (χ2v) is 3.08. The molecule has 0 radical (unpaired) electrons. The van der Waals surface area contributed by atoms with E-state index in [1.807, 2.05) is 0 Å². The van der Waals surface area contributed by atoms with Crippen LogP contribution >= 0.6 is 0 Å². The van der Waals surface area contributed by atoms with Crippen molar-refractivity contribution in [2.75, 3.05) is 0 Å². The van der Waals surface area contributed by atoms with Gasteiger partial charge < -0.3 is 5.73 Å². The Hall–Kier alpha value is -0.300. The summed E-state index contributed by atoms with van der Waals surface area (Å²) in [7, 11) is 0. The van der Waals surface area contributed by atoms with Crippen LogP contribution in [0.25, 0.3) is 0 Å². The molecule has 0 aliphatic heterocycles. The predicted octanol–water partition coefficient (Wildman–Crippen LogP) is 2.22. The molecular weight excluding hydrogens is 122 g/mol. The number of hydrogen-bond donors (Lipinski definition) is 1. The zero-order chi connectivity index (χ0) is 7.56. The van der Waals surface area contributed by atoms with Gasteiger partial charge in [-0.1, -0.05) is 25.0 Å². The second kappa shape index (κ2) is 3.20. The average Bonchev–Trinajstić information content (AvgIpc) is 1.87. The molecule has 1 aliphatic rings. The van der Waals surface area contributed by atoms with Gasteiger partial charge in [0.05, 0.1) is 0 Å². The van der Waals surface area contributed by atoms with Gasteiger partial charge in [0.1, 0.15) is 0 Å². The number of rotatable bonds is 2. The summed E-state index contributed by atoms with van der Waals surface area (Å²) in [5.41, 5.74) is 8.96. The summed E-state index contributed by atoms with van der Waals surface area (Å²) in [6, 6.07) is 0.475. The highest BCUT2D eigenvalue weighted by atomic mass is 14.7. The highest BCUT2D eigenvalue weighted by Crippen LogP contribution is 2.30. The fraction of sp³-hybridized carbons (Fsp3) is 0.778. The molecule has 1 rings (SSSR count). The van der Waals surface area contributed by atoms with E-state index in [9.17, 15) is 0 Å². The maximum atomic E-state index is 5.68. The van der Waals surface area contributed by atoms with Crippen LogP contribution in [0.4, 0.5) is 0 Å². The quantitative estimate of drug-likeness (QED) is 0.583. The van der Waals surface area contributed by atoms with Gasteiger partial charge in [0, 0.05) is 6.04 Å². The molecule has 0 aromatic heterocycles. The molecule has 0 heterocycles. The summed E-state index contributed by atoms with van der Waals surface area (Å²) in [5, 5.41) is 0. The Morgan fingerprint density at radius 3 is 2.20 bits per heavy atom. The Labute approximate surface area is 63.3 Å². The molecular formula is C9H17N. The zero-order valence-electron chi connectivity index (χ0n) is 6.98. The molecule has 0 amide bonds.